The van der Waals surface area contributed by atoms with Crippen LogP contribution in [0.5, 0.6) is 0 Å². The molecule has 9 heteroatoms. The molecule has 0 radical (unpaired) electrons. The highest BCUT2D eigenvalue weighted by atomic mass is 19.1. The van der Waals surface area contributed by atoms with E-state index in [1.807, 2.05) is 0 Å². The Kier molecular flexibility index (Phi) is 4.98. The van der Waals surface area contributed by atoms with Crippen molar-refractivity contribution < 1.29 is 9.50 Å². The van der Waals surface area contributed by atoms with Crippen molar-refractivity contribution in [3.05, 3.63) is 54.0 Å². The number of nitrogens with one attached hydrogen (secondary N) is 1. The molecular weight excluding hydrogens is 373 g/mol. The monoisotopic (exact) mass is 395 g/mol. The second-order valence-corrected chi connectivity index (χ2v) is 7.24. The van der Waals surface area contributed by atoms with Gasteiger partial charge in [0.15, 0.2) is 0 Å². The van der Waals surface area contributed by atoms with Crippen LogP contribution >= 0.6 is 0 Å². The van der Waals surface area contributed by atoms with Gasteiger partial charge in [0.2, 0.25) is 0 Å². The molecule has 1 aliphatic rings. The standard InChI is InChI=1S/C20H22FN7O/c1-27-9-13(7-26-27)14-4-15(17(22)5-16(14)21)20(23)18-6-19(25-11-24-18)28-3-2-12(8-28)10-29/h4-7,9,11-12,23,29H,2-3,8,10,22H2,1H3. The first-order valence-corrected chi connectivity index (χ1v) is 9.31. The lowest BCUT2D eigenvalue weighted by atomic mass is 9.99. The number of rotatable bonds is 5. The van der Waals surface area contributed by atoms with E-state index in [1.165, 1.54) is 12.4 Å². The lowest BCUT2D eigenvalue weighted by Crippen LogP contribution is -2.22. The number of aliphatic hydroxyl groups is 1. The Hall–Kier alpha value is -3.33. The first kappa shape index (κ1) is 19.0. The van der Waals surface area contributed by atoms with Crippen LogP contribution in [0.4, 0.5) is 15.9 Å². The summed E-state index contributed by atoms with van der Waals surface area (Å²) in [5.74, 6) is 0.453. The van der Waals surface area contributed by atoms with Crippen molar-refractivity contribution in [1.29, 1.82) is 5.41 Å². The SMILES string of the molecule is Cn1cc(-c2cc(C(=N)c3cc(N4CCC(CO)C4)ncn3)c(N)cc2F)cn1. The summed E-state index contributed by atoms with van der Waals surface area (Å²) in [5, 5.41) is 22.0. The zero-order chi connectivity index (χ0) is 20.5. The van der Waals surface area contributed by atoms with Crippen molar-refractivity contribution in [2.24, 2.45) is 13.0 Å². The molecule has 2 aromatic heterocycles. The number of hydrogen-bond donors (Lipinski definition) is 3. The van der Waals surface area contributed by atoms with Crippen LogP contribution in [-0.2, 0) is 7.05 Å². The van der Waals surface area contributed by atoms with Gasteiger partial charge in [-0.3, -0.25) is 10.1 Å². The van der Waals surface area contributed by atoms with Crippen LogP contribution in [0.3, 0.4) is 0 Å². The number of aryl methyl sites for hydroxylation is 1. The van der Waals surface area contributed by atoms with Crippen molar-refractivity contribution >= 4 is 17.2 Å². The third-order valence-electron chi connectivity index (χ3n) is 5.20. The molecule has 0 saturated carbocycles. The molecule has 1 fully saturated rings. The van der Waals surface area contributed by atoms with Gasteiger partial charge in [0, 0.05) is 67.3 Å². The minimum atomic E-state index is -0.470. The van der Waals surface area contributed by atoms with Crippen LogP contribution in [0, 0.1) is 17.1 Å². The molecule has 29 heavy (non-hydrogen) atoms. The molecule has 1 unspecified atom stereocenters. The Morgan fingerprint density at radius 3 is 2.86 bits per heavy atom. The van der Waals surface area contributed by atoms with Crippen LogP contribution in [0.2, 0.25) is 0 Å². The van der Waals surface area contributed by atoms with Gasteiger partial charge in [-0.05, 0) is 18.6 Å². The van der Waals surface area contributed by atoms with E-state index >= 15 is 0 Å². The third kappa shape index (κ3) is 3.68. The highest BCUT2D eigenvalue weighted by Crippen LogP contribution is 2.29. The second kappa shape index (κ2) is 7.59. The predicted molar refractivity (Wildman–Crippen MR) is 108 cm³/mol. The van der Waals surface area contributed by atoms with E-state index < -0.39 is 5.82 Å². The van der Waals surface area contributed by atoms with Gasteiger partial charge in [-0.15, -0.1) is 0 Å². The molecular formula is C20H22FN7O. The lowest BCUT2D eigenvalue weighted by Gasteiger charge is -2.18. The molecule has 0 amide bonds. The number of nitrogens with zero attached hydrogens (tertiary/aromatic N) is 5. The molecule has 1 saturated heterocycles. The molecule has 8 nitrogen and oxygen atoms in total. The summed E-state index contributed by atoms with van der Waals surface area (Å²) in [5.41, 5.74) is 8.01. The molecule has 0 aliphatic carbocycles. The largest absolute Gasteiger partial charge is 0.398 e. The summed E-state index contributed by atoms with van der Waals surface area (Å²) in [6.45, 7) is 1.65. The minimum absolute atomic E-state index is 0.0918. The molecule has 4 rings (SSSR count). The summed E-state index contributed by atoms with van der Waals surface area (Å²) in [6, 6.07) is 4.51. The Bertz CT molecular complexity index is 1060. The summed E-state index contributed by atoms with van der Waals surface area (Å²) in [7, 11) is 1.75. The van der Waals surface area contributed by atoms with E-state index in [9.17, 15) is 9.50 Å². The number of nitrogens with two attached hydrogens (primary N) is 1. The number of hydrogen-bond acceptors (Lipinski definition) is 7. The predicted octanol–water partition coefficient (Wildman–Crippen LogP) is 1.83. The lowest BCUT2D eigenvalue weighted by molar-refractivity contribution is 0.238. The van der Waals surface area contributed by atoms with Crippen molar-refractivity contribution in [2.75, 3.05) is 30.3 Å². The number of nitrogen functional groups attached to an aromatic ring is 1. The van der Waals surface area contributed by atoms with Crippen LogP contribution in [0.25, 0.3) is 11.1 Å². The summed E-state index contributed by atoms with van der Waals surface area (Å²) in [6.07, 6.45) is 5.57. The maximum atomic E-state index is 14.5. The molecule has 1 aliphatic heterocycles. The van der Waals surface area contributed by atoms with Crippen LogP contribution in [-0.4, -0.2) is 50.3 Å². The van der Waals surface area contributed by atoms with Gasteiger partial charge in [0.1, 0.15) is 18.0 Å². The number of benzene rings is 1. The molecule has 1 aromatic carbocycles. The summed E-state index contributed by atoms with van der Waals surface area (Å²) in [4.78, 5) is 10.6. The molecule has 3 aromatic rings. The maximum absolute atomic E-state index is 14.5. The zero-order valence-electron chi connectivity index (χ0n) is 16.0. The Morgan fingerprint density at radius 2 is 2.17 bits per heavy atom. The molecule has 4 N–H and O–H groups in total. The number of anilines is 2. The van der Waals surface area contributed by atoms with Gasteiger partial charge in [-0.1, -0.05) is 0 Å². The molecule has 150 valence electrons. The fourth-order valence-electron chi connectivity index (χ4n) is 3.57. The average Bonchev–Trinajstić information content (AvgIpc) is 3.37. The normalized spacial score (nSPS) is 16.4. The number of aliphatic hydroxyl groups excluding tert-OH is 1. The Morgan fingerprint density at radius 1 is 1.34 bits per heavy atom. The zero-order valence-corrected chi connectivity index (χ0v) is 16.0. The third-order valence-corrected chi connectivity index (χ3v) is 5.20. The highest BCUT2D eigenvalue weighted by Gasteiger charge is 2.24. The van der Waals surface area contributed by atoms with Gasteiger partial charge in [0.05, 0.1) is 17.6 Å². The van der Waals surface area contributed by atoms with Gasteiger partial charge >= 0.3 is 0 Å². The van der Waals surface area contributed by atoms with E-state index in [4.69, 9.17) is 11.1 Å². The average molecular weight is 395 g/mol. The first-order valence-electron chi connectivity index (χ1n) is 9.31. The van der Waals surface area contributed by atoms with Gasteiger partial charge in [-0.25, -0.2) is 14.4 Å². The van der Waals surface area contributed by atoms with E-state index in [1.54, 1.807) is 36.3 Å². The molecule has 0 bridgehead atoms. The second-order valence-electron chi connectivity index (χ2n) is 7.24. The first-order chi connectivity index (χ1) is 14.0. The minimum Gasteiger partial charge on any atom is -0.398 e. The molecule has 1 atom stereocenters. The van der Waals surface area contributed by atoms with Crippen molar-refractivity contribution in [1.82, 2.24) is 19.7 Å². The van der Waals surface area contributed by atoms with Gasteiger partial charge in [-0.2, -0.15) is 5.10 Å². The topological polar surface area (TPSA) is 117 Å². The maximum Gasteiger partial charge on any atom is 0.133 e. The fourth-order valence-corrected chi connectivity index (χ4v) is 3.57. The van der Waals surface area contributed by atoms with E-state index in [2.05, 4.69) is 20.0 Å². The Balaban J connectivity index is 1.67. The number of halogens is 1. The van der Waals surface area contributed by atoms with Crippen molar-refractivity contribution in [3.8, 4) is 11.1 Å². The molecule has 0 spiro atoms. The van der Waals surface area contributed by atoms with Gasteiger partial charge < -0.3 is 15.7 Å². The quantitative estimate of drug-likeness (QED) is 0.448. The van der Waals surface area contributed by atoms with E-state index in [0.717, 1.165) is 13.0 Å². The van der Waals surface area contributed by atoms with E-state index in [-0.39, 0.29) is 23.9 Å². The fraction of sp³-hybridized carbons (Fsp3) is 0.300. The van der Waals surface area contributed by atoms with Gasteiger partial charge in [0.25, 0.3) is 0 Å². The smallest absolute Gasteiger partial charge is 0.133 e. The van der Waals surface area contributed by atoms with Crippen molar-refractivity contribution in [3.63, 3.8) is 0 Å². The van der Waals surface area contributed by atoms with Crippen molar-refractivity contribution in [2.45, 2.75) is 6.42 Å². The summed E-state index contributed by atoms with van der Waals surface area (Å²) < 4.78 is 16.1. The van der Waals surface area contributed by atoms with Crippen LogP contribution < -0.4 is 10.6 Å². The summed E-state index contributed by atoms with van der Waals surface area (Å²) >= 11 is 0. The van der Waals surface area contributed by atoms with Crippen LogP contribution in [0.15, 0.2) is 36.9 Å². The molecule has 3 heterocycles. The number of aromatic nitrogens is 4. The van der Waals surface area contributed by atoms with E-state index in [0.29, 0.717) is 34.7 Å². The van der Waals surface area contributed by atoms with Crippen LogP contribution in [0.1, 0.15) is 17.7 Å². The Labute approximate surface area is 167 Å². The highest BCUT2D eigenvalue weighted by molar-refractivity contribution is 6.13.